The second kappa shape index (κ2) is 19.3. The van der Waals surface area contributed by atoms with E-state index in [4.69, 9.17) is 8.75 Å². The van der Waals surface area contributed by atoms with Crippen LogP contribution in [-0.4, -0.2) is 29.2 Å². The van der Waals surface area contributed by atoms with E-state index in [1.165, 1.54) is 58.8 Å². The van der Waals surface area contributed by atoms with Crippen molar-refractivity contribution in [3.63, 3.8) is 0 Å². The molecule has 0 N–H and O–H groups in total. The summed E-state index contributed by atoms with van der Waals surface area (Å²) in [5, 5.41) is 0.232. The number of carbonyl (C=O) groups is 4. The number of fused-ring (bicyclic) bond motifs is 1. The summed E-state index contributed by atoms with van der Waals surface area (Å²) >= 11 is 9.41. The fourth-order valence-electron chi connectivity index (χ4n) is 5.37. The lowest BCUT2D eigenvalue weighted by molar-refractivity contribution is -0.109. The van der Waals surface area contributed by atoms with Crippen LogP contribution in [0.2, 0.25) is 0 Å². The maximum Gasteiger partial charge on any atom is 0.186 e. The lowest BCUT2D eigenvalue weighted by atomic mass is 10.1. The van der Waals surface area contributed by atoms with Gasteiger partial charge in [0.15, 0.2) is 20.5 Å². The molecule has 0 unspecified atom stereocenters. The minimum absolute atomic E-state index is 0.0580. The molecule has 0 bridgehead atoms. The van der Waals surface area contributed by atoms with Gasteiger partial charge >= 0.3 is 0 Å². The number of rotatable bonds is 10. The van der Waals surface area contributed by atoms with Gasteiger partial charge in [-0.2, -0.15) is 8.75 Å². The van der Waals surface area contributed by atoms with Gasteiger partial charge in [0.25, 0.3) is 0 Å². The highest BCUT2D eigenvalue weighted by Gasteiger charge is 2.16. The van der Waals surface area contributed by atoms with Crippen LogP contribution in [0.4, 0.5) is 0 Å². The molecule has 55 heavy (non-hydrogen) atoms. The van der Waals surface area contributed by atoms with Crippen LogP contribution in [0.3, 0.4) is 0 Å². The molecule has 0 saturated carbocycles. The van der Waals surface area contributed by atoms with E-state index in [0.29, 0.717) is 23.0 Å². The molecule has 6 rings (SSSR count). The van der Waals surface area contributed by atoms with Gasteiger partial charge < -0.3 is 0 Å². The van der Waals surface area contributed by atoms with Crippen LogP contribution < -0.4 is 0 Å². The molecule has 13 heteroatoms. The Morgan fingerprint density at radius 3 is 1.16 bits per heavy atom. The molecule has 0 atom stereocenters. The molecule has 0 aliphatic rings. The molecule has 0 aliphatic heterocycles. The molecular weight excluding hydrogens is 821 g/mol. The third kappa shape index (κ3) is 11.8. The van der Waals surface area contributed by atoms with E-state index in [1.54, 1.807) is 50.4 Å². The SMILES string of the molecule is CC(=O)SCc1cc(C#Cc2ccc(-c3ccc(-c4ccc(C#Cc5cc(CSC(C)=O)cc(CSC(C)=O)c5)s4)c4nsnc34)s2)cc(CSC(C)=O)c1. The van der Waals surface area contributed by atoms with E-state index in [2.05, 4.69) is 47.9 Å². The maximum atomic E-state index is 11.6. The zero-order valence-electron chi connectivity index (χ0n) is 30.1. The summed E-state index contributed by atoms with van der Waals surface area (Å²) in [6, 6.07) is 24.4. The zero-order valence-corrected chi connectivity index (χ0v) is 35.9. The van der Waals surface area contributed by atoms with Gasteiger partial charge in [0.2, 0.25) is 0 Å². The Labute approximate surface area is 349 Å². The lowest BCUT2D eigenvalue weighted by Gasteiger charge is -2.06. The number of hydrogen-bond donors (Lipinski definition) is 0. The molecule has 0 amide bonds. The minimum Gasteiger partial charge on any atom is -0.288 e. The predicted octanol–water partition coefficient (Wildman–Crippen LogP) is 11.1. The number of carbonyl (C=O) groups excluding carboxylic acids is 4. The number of thiophene rings is 2. The molecule has 3 aromatic heterocycles. The van der Waals surface area contributed by atoms with E-state index >= 15 is 0 Å². The third-order valence-corrected chi connectivity index (χ3v) is 13.8. The van der Waals surface area contributed by atoms with Crippen LogP contribution in [0, 0.1) is 23.7 Å². The normalized spacial score (nSPS) is 10.8. The van der Waals surface area contributed by atoms with Crippen molar-refractivity contribution in [2.45, 2.75) is 50.7 Å². The van der Waals surface area contributed by atoms with Crippen molar-refractivity contribution in [3.05, 3.63) is 116 Å². The first-order chi connectivity index (χ1) is 26.5. The Balaban J connectivity index is 1.22. The molecule has 0 radical (unpaired) electrons. The highest BCUT2D eigenvalue weighted by Crippen LogP contribution is 2.39. The fourth-order valence-corrected chi connectivity index (χ4v) is 9.87. The molecule has 0 saturated heterocycles. The van der Waals surface area contributed by atoms with Crippen molar-refractivity contribution in [2.24, 2.45) is 0 Å². The molecule has 6 nitrogen and oxygen atoms in total. The van der Waals surface area contributed by atoms with Crippen LogP contribution in [-0.2, 0) is 42.2 Å². The Bertz CT molecular complexity index is 2310. The highest BCUT2D eigenvalue weighted by molar-refractivity contribution is 8.13. The zero-order chi connectivity index (χ0) is 38.9. The topological polar surface area (TPSA) is 94.1 Å². The van der Waals surface area contributed by atoms with E-state index in [0.717, 1.165) is 75.0 Å². The number of thioether (sulfide) groups is 4. The van der Waals surface area contributed by atoms with Crippen LogP contribution in [0.25, 0.3) is 31.9 Å². The largest absolute Gasteiger partial charge is 0.288 e. The summed E-state index contributed by atoms with van der Waals surface area (Å²) in [5.74, 6) is 15.5. The standard InChI is InChI=1S/C42H32N2O4S7/c1-25(45)49-21-31-15-29(16-32(19-31)22-50-26(2)46)5-7-35-9-13-39(53-35)37-11-12-38(42-41(37)43-55-44-42)40-14-10-36(54-40)8-6-30-17-33(23-51-27(3)47)20-34(18-30)24-52-28(4)48/h9-20H,21-24H2,1-4H3. The lowest BCUT2D eigenvalue weighted by Crippen LogP contribution is -1.92. The second-order valence-corrected chi connectivity index (χ2v) is 19.5. The van der Waals surface area contributed by atoms with Gasteiger partial charge in [-0.15, -0.1) is 22.7 Å². The van der Waals surface area contributed by atoms with Crippen molar-refractivity contribution in [1.29, 1.82) is 0 Å². The van der Waals surface area contributed by atoms with E-state index in [1.807, 2.05) is 48.5 Å². The van der Waals surface area contributed by atoms with Crippen LogP contribution in [0.1, 0.15) is 70.8 Å². The predicted molar refractivity (Wildman–Crippen MR) is 237 cm³/mol. The summed E-state index contributed by atoms with van der Waals surface area (Å²) in [5.41, 5.74) is 9.37. The molecular formula is C42H32N2O4S7. The Morgan fingerprint density at radius 1 is 0.491 bits per heavy atom. The second-order valence-electron chi connectivity index (χ2n) is 12.1. The van der Waals surface area contributed by atoms with Gasteiger partial charge in [-0.25, -0.2) is 0 Å². The van der Waals surface area contributed by atoms with Crippen LogP contribution >= 0.6 is 81.4 Å². The molecule has 0 fully saturated rings. The number of hydrogen-bond acceptors (Lipinski definition) is 13. The summed E-state index contributed by atoms with van der Waals surface area (Å²) in [6.45, 7) is 6.24. The highest BCUT2D eigenvalue weighted by atomic mass is 32.2. The molecule has 0 spiro atoms. The van der Waals surface area contributed by atoms with Crippen molar-refractivity contribution >= 4 is 113 Å². The van der Waals surface area contributed by atoms with Crippen molar-refractivity contribution in [3.8, 4) is 44.6 Å². The van der Waals surface area contributed by atoms with Gasteiger partial charge in [0.1, 0.15) is 11.0 Å². The van der Waals surface area contributed by atoms with Gasteiger partial charge in [0.05, 0.1) is 21.5 Å². The summed E-state index contributed by atoms with van der Waals surface area (Å²) in [7, 11) is 0. The monoisotopic (exact) mass is 852 g/mol. The van der Waals surface area contributed by atoms with Crippen LogP contribution in [0.15, 0.2) is 72.8 Å². The summed E-state index contributed by atoms with van der Waals surface area (Å²) in [4.78, 5) is 50.3. The average molecular weight is 853 g/mol. The first-order valence-electron chi connectivity index (χ1n) is 16.8. The number of nitrogens with zero attached hydrogens (tertiary/aromatic N) is 2. The van der Waals surface area contributed by atoms with E-state index in [-0.39, 0.29) is 20.5 Å². The Morgan fingerprint density at radius 2 is 0.836 bits per heavy atom. The van der Waals surface area contributed by atoms with Gasteiger partial charge in [0, 0.05) is 82.7 Å². The van der Waals surface area contributed by atoms with Gasteiger partial charge in [-0.3, -0.25) is 19.2 Å². The van der Waals surface area contributed by atoms with E-state index in [9.17, 15) is 19.2 Å². The van der Waals surface area contributed by atoms with Gasteiger partial charge in [-0.1, -0.05) is 95.0 Å². The molecule has 0 aliphatic carbocycles. The summed E-state index contributed by atoms with van der Waals surface area (Å²) in [6.07, 6.45) is 0. The number of benzene rings is 3. The Hall–Kier alpha value is -3.92. The van der Waals surface area contributed by atoms with Crippen molar-refractivity contribution < 1.29 is 19.2 Å². The van der Waals surface area contributed by atoms with E-state index < -0.39 is 0 Å². The van der Waals surface area contributed by atoms with Crippen molar-refractivity contribution in [2.75, 3.05) is 0 Å². The third-order valence-electron chi connectivity index (χ3n) is 7.69. The van der Waals surface area contributed by atoms with Crippen LogP contribution in [0.5, 0.6) is 0 Å². The first-order valence-corrected chi connectivity index (χ1v) is 23.1. The average Bonchev–Trinajstić information content (AvgIpc) is 3.95. The molecule has 276 valence electrons. The smallest absolute Gasteiger partial charge is 0.186 e. The van der Waals surface area contributed by atoms with Gasteiger partial charge in [-0.05, 0) is 70.8 Å². The minimum atomic E-state index is 0.0580. The maximum absolute atomic E-state index is 11.6. The molecule has 3 heterocycles. The number of aromatic nitrogens is 2. The summed E-state index contributed by atoms with van der Waals surface area (Å²) < 4.78 is 9.39. The Kier molecular flexibility index (Phi) is 14.3. The molecule has 6 aromatic rings. The van der Waals surface area contributed by atoms with Crippen molar-refractivity contribution in [1.82, 2.24) is 8.75 Å². The fraction of sp³-hybridized carbons (Fsp3) is 0.190. The first kappa shape index (κ1) is 40.7. The quantitative estimate of drug-likeness (QED) is 0.124. The molecule has 3 aromatic carbocycles.